The predicted octanol–water partition coefficient (Wildman–Crippen LogP) is 4.09. The lowest BCUT2D eigenvalue weighted by atomic mass is 10.1. The fourth-order valence-electron chi connectivity index (χ4n) is 3.03. The Kier molecular flexibility index (Phi) is 3.31. The molecule has 0 bridgehead atoms. The normalized spacial score (nSPS) is 11.5. The second kappa shape index (κ2) is 5.27. The van der Waals surface area contributed by atoms with E-state index in [0.29, 0.717) is 16.8 Å². The number of hydrogen-bond donors (Lipinski definition) is 0. The summed E-state index contributed by atoms with van der Waals surface area (Å²) in [5.41, 5.74) is 2.95. The Morgan fingerprint density at radius 2 is 2.00 bits per heavy atom. The molecule has 0 saturated carbocycles. The van der Waals surface area contributed by atoms with Crippen LogP contribution in [0.4, 0.5) is 4.39 Å². The number of benzene rings is 2. The summed E-state index contributed by atoms with van der Waals surface area (Å²) in [6.45, 7) is 1.68. The van der Waals surface area contributed by atoms with Gasteiger partial charge >= 0.3 is 5.69 Å². The third-order valence-electron chi connectivity index (χ3n) is 4.33. The number of rotatable bonds is 1. The summed E-state index contributed by atoms with van der Waals surface area (Å²) >= 11 is 3.47. The third kappa shape index (κ3) is 2.03. The molecular formula is C18H13BrFN3O. The molecule has 0 spiro atoms. The van der Waals surface area contributed by atoms with Gasteiger partial charge in [-0.05, 0) is 37.3 Å². The maximum absolute atomic E-state index is 14.0. The second-order valence-corrected chi connectivity index (χ2v) is 6.63. The predicted molar refractivity (Wildman–Crippen MR) is 96.2 cm³/mol. The molecule has 2 aromatic heterocycles. The Morgan fingerprint density at radius 3 is 2.79 bits per heavy atom. The summed E-state index contributed by atoms with van der Waals surface area (Å²) in [6.07, 6.45) is 1.68. The van der Waals surface area contributed by atoms with E-state index >= 15 is 0 Å². The maximum Gasteiger partial charge on any atom is 0.333 e. The number of hydrogen-bond acceptors (Lipinski definition) is 2. The highest BCUT2D eigenvalue weighted by Gasteiger charge is 2.18. The van der Waals surface area contributed by atoms with Gasteiger partial charge in [-0.2, -0.15) is 0 Å². The Hall–Kier alpha value is -2.47. The van der Waals surface area contributed by atoms with Crippen molar-refractivity contribution in [3.8, 4) is 5.69 Å². The molecule has 4 rings (SSSR count). The molecule has 0 unspecified atom stereocenters. The minimum Gasteiger partial charge on any atom is -0.293 e. The Morgan fingerprint density at radius 1 is 1.21 bits per heavy atom. The molecule has 0 atom stereocenters. The van der Waals surface area contributed by atoms with Gasteiger partial charge in [0, 0.05) is 22.5 Å². The highest BCUT2D eigenvalue weighted by Crippen LogP contribution is 2.28. The number of nitrogens with zero attached hydrogens (tertiary/aromatic N) is 3. The average molecular weight is 386 g/mol. The Labute approximate surface area is 145 Å². The lowest BCUT2D eigenvalue weighted by molar-refractivity contribution is 0.616. The first-order chi connectivity index (χ1) is 11.5. The molecule has 2 aromatic carbocycles. The van der Waals surface area contributed by atoms with E-state index in [1.54, 1.807) is 36.9 Å². The summed E-state index contributed by atoms with van der Waals surface area (Å²) in [5, 5.41) is 0.836. The van der Waals surface area contributed by atoms with Crippen LogP contribution in [0.1, 0.15) is 5.56 Å². The quantitative estimate of drug-likeness (QED) is 0.495. The van der Waals surface area contributed by atoms with Crippen LogP contribution in [-0.2, 0) is 7.05 Å². The molecule has 2 heterocycles. The van der Waals surface area contributed by atoms with Crippen LogP contribution in [0, 0.1) is 12.7 Å². The van der Waals surface area contributed by atoms with Gasteiger partial charge in [0.05, 0.1) is 28.4 Å². The van der Waals surface area contributed by atoms with Crippen molar-refractivity contribution < 1.29 is 4.39 Å². The van der Waals surface area contributed by atoms with Crippen LogP contribution in [-0.4, -0.2) is 14.1 Å². The molecule has 0 aliphatic rings. The van der Waals surface area contributed by atoms with E-state index in [0.717, 1.165) is 20.9 Å². The monoisotopic (exact) mass is 385 g/mol. The van der Waals surface area contributed by atoms with Crippen LogP contribution in [0.25, 0.3) is 27.6 Å². The molecule has 0 N–H and O–H groups in total. The highest BCUT2D eigenvalue weighted by atomic mass is 79.9. The lowest BCUT2D eigenvalue weighted by Crippen LogP contribution is -2.21. The lowest BCUT2D eigenvalue weighted by Gasteiger charge is -2.09. The van der Waals surface area contributed by atoms with Crippen molar-refractivity contribution in [3.05, 3.63) is 68.9 Å². The number of aromatic nitrogens is 3. The molecule has 120 valence electrons. The van der Waals surface area contributed by atoms with E-state index in [9.17, 15) is 9.18 Å². The van der Waals surface area contributed by atoms with Crippen LogP contribution >= 0.6 is 15.9 Å². The molecule has 0 amide bonds. The van der Waals surface area contributed by atoms with Crippen LogP contribution in [0.15, 0.2) is 51.9 Å². The van der Waals surface area contributed by atoms with Crippen molar-refractivity contribution in [2.75, 3.05) is 0 Å². The van der Waals surface area contributed by atoms with Crippen LogP contribution in [0.5, 0.6) is 0 Å². The standard InChI is InChI=1S/C18H13BrFN3O/c1-10-13(20)4-3-5-15(10)23-17-12-8-11(19)6-7-14(12)21-9-16(17)22(2)18(23)24/h3-9H,1-2H3. The van der Waals surface area contributed by atoms with Gasteiger partial charge in [0.15, 0.2) is 0 Å². The summed E-state index contributed by atoms with van der Waals surface area (Å²) < 4.78 is 18.0. The number of halogens is 2. The smallest absolute Gasteiger partial charge is 0.293 e. The van der Waals surface area contributed by atoms with E-state index in [2.05, 4.69) is 20.9 Å². The maximum atomic E-state index is 14.0. The molecule has 24 heavy (non-hydrogen) atoms. The van der Waals surface area contributed by atoms with Crippen molar-refractivity contribution >= 4 is 37.9 Å². The van der Waals surface area contributed by atoms with Gasteiger partial charge in [0.25, 0.3) is 0 Å². The summed E-state index contributed by atoms with van der Waals surface area (Å²) in [7, 11) is 1.70. The zero-order valence-electron chi connectivity index (χ0n) is 13.0. The van der Waals surface area contributed by atoms with Crippen LogP contribution in [0.2, 0.25) is 0 Å². The fraction of sp³-hybridized carbons (Fsp3) is 0.111. The van der Waals surface area contributed by atoms with E-state index in [4.69, 9.17) is 0 Å². The molecule has 0 radical (unpaired) electrons. The van der Waals surface area contributed by atoms with Crippen molar-refractivity contribution in [1.29, 1.82) is 0 Å². The van der Waals surface area contributed by atoms with Crippen molar-refractivity contribution in [1.82, 2.24) is 14.1 Å². The summed E-state index contributed by atoms with van der Waals surface area (Å²) in [4.78, 5) is 17.3. The van der Waals surface area contributed by atoms with Gasteiger partial charge in [-0.25, -0.2) is 9.18 Å². The molecule has 6 heteroatoms. The largest absolute Gasteiger partial charge is 0.333 e. The Bertz CT molecular complexity index is 1180. The fourth-order valence-corrected chi connectivity index (χ4v) is 3.39. The molecule has 0 aliphatic heterocycles. The topological polar surface area (TPSA) is 39.8 Å². The van der Waals surface area contributed by atoms with Gasteiger partial charge in [0.2, 0.25) is 0 Å². The van der Waals surface area contributed by atoms with Crippen LogP contribution in [0.3, 0.4) is 0 Å². The molecule has 4 aromatic rings. The van der Waals surface area contributed by atoms with E-state index in [1.165, 1.54) is 10.6 Å². The van der Waals surface area contributed by atoms with Crippen molar-refractivity contribution in [2.45, 2.75) is 6.92 Å². The first-order valence-electron chi connectivity index (χ1n) is 7.40. The number of pyridine rings is 1. The first-order valence-corrected chi connectivity index (χ1v) is 8.19. The minimum absolute atomic E-state index is 0.229. The van der Waals surface area contributed by atoms with Gasteiger partial charge in [-0.1, -0.05) is 22.0 Å². The average Bonchev–Trinajstić information content (AvgIpc) is 2.82. The molecule has 0 fully saturated rings. The second-order valence-electron chi connectivity index (χ2n) is 5.71. The van der Waals surface area contributed by atoms with E-state index in [-0.39, 0.29) is 11.5 Å². The summed E-state index contributed by atoms with van der Waals surface area (Å²) in [6, 6.07) is 10.5. The summed E-state index contributed by atoms with van der Waals surface area (Å²) in [5.74, 6) is -0.337. The van der Waals surface area contributed by atoms with Crippen LogP contribution < -0.4 is 5.69 Å². The molecular weight excluding hydrogens is 373 g/mol. The number of fused-ring (bicyclic) bond motifs is 3. The number of aryl methyl sites for hydroxylation is 1. The van der Waals surface area contributed by atoms with Gasteiger partial charge < -0.3 is 0 Å². The van der Waals surface area contributed by atoms with Crippen molar-refractivity contribution in [3.63, 3.8) is 0 Å². The minimum atomic E-state index is -0.337. The third-order valence-corrected chi connectivity index (χ3v) is 4.82. The van der Waals surface area contributed by atoms with Gasteiger partial charge in [-0.3, -0.25) is 14.1 Å². The van der Waals surface area contributed by atoms with Gasteiger partial charge in [-0.15, -0.1) is 0 Å². The first kappa shape index (κ1) is 15.1. The van der Waals surface area contributed by atoms with Gasteiger partial charge in [0.1, 0.15) is 5.82 Å². The Balaban J connectivity index is 2.27. The number of imidazole rings is 1. The molecule has 0 aliphatic carbocycles. The van der Waals surface area contributed by atoms with Crippen molar-refractivity contribution in [2.24, 2.45) is 7.05 Å². The zero-order chi connectivity index (χ0) is 17.0. The molecule has 4 nitrogen and oxygen atoms in total. The van der Waals surface area contributed by atoms with E-state index in [1.807, 2.05) is 18.2 Å². The SMILES string of the molecule is Cc1c(F)cccc1-n1c(=O)n(C)c2cnc3ccc(Br)cc3c21. The molecule has 0 saturated heterocycles. The highest BCUT2D eigenvalue weighted by molar-refractivity contribution is 9.10. The van der Waals surface area contributed by atoms with E-state index < -0.39 is 0 Å². The zero-order valence-corrected chi connectivity index (χ0v) is 14.6.